The maximum Gasteiger partial charge on any atom is 0.103 e. The fraction of sp³-hybridized carbons (Fsp3) is 0.462. The van der Waals surface area contributed by atoms with Crippen molar-refractivity contribution in [3.05, 3.63) is 28.8 Å². The Morgan fingerprint density at radius 2 is 2.12 bits per heavy atom. The lowest BCUT2D eigenvalue weighted by molar-refractivity contribution is 0.352. The van der Waals surface area contributed by atoms with Gasteiger partial charge in [0.25, 0.3) is 0 Å². The van der Waals surface area contributed by atoms with Crippen molar-refractivity contribution >= 4 is 17.3 Å². The monoisotopic (exact) mass is 249 g/mol. The number of hydrogen-bond donors (Lipinski definition) is 1. The minimum Gasteiger partial charge on any atom is -0.383 e. The van der Waals surface area contributed by atoms with Crippen LogP contribution in [0.15, 0.2) is 18.2 Å². The third-order valence-electron chi connectivity index (χ3n) is 3.07. The average molecular weight is 250 g/mol. The first-order chi connectivity index (χ1) is 8.31. The molecule has 1 saturated heterocycles. The van der Waals surface area contributed by atoms with Crippen molar-refractivity contribution in [1.82, 2.24) is 4.90 Å². The second-order valence-corrected chi connectivity index (χ2v) is 4.66. The van der Waals surface area contributed by atoms with E-state index in [1.165, 1.54) is 25.9 Å². The normalized spacial score (nSPS) is 15.8. The van der Waals surface area contributed by atoms with Crippen LogP contribution in [-0.2, 0) is 0 Å². The summed E-state index contributed by atoms with van der Waals surface area (Å²) in [6, 6.07) is 7.64. The second-order valence-electron chi connectivity index (χ2n) is 4.25. The molecule has 0 bridgehead atoms. The molecule has 90 valence electrons. The van der Waals surface area contributed by atoms with Crippen LogP contribution in [0.25, 0.3) is 0 Å². The van der Waals surface area contributed by atoms with E-state index in [0.717, 1.165) is 18.8 Å². The molecule has 4 heteroatoms. The summed E-state index contributed by atoms with van der Waals surface area (Å²) in [7, 11) is 0. The number of likely N-dealkylation sites (tertiary alicyclic amines) is 1. The van der Waals surface area contributed by atoms with Crippen molar-refractivity contribution in [2.45, 2.75) is 12.8 Å². The Labute approximate surface area is 107 Å². The Morgan fingerprint density at radius 1 is 1.35 bits per heavy atom. The van der Waals surface area contributed by atoms with E-state index in [1.807, 2.05) is 12.1 Å². The van der Waals surface area contributed by atoms with Crippen LogP contribution < -0.4 is 5.32 Å². The predicted molar refractivity (Wildman–Crippen MR) is 70.3 cm³/mol. The van der Waals surface area contributed by atoms with Gasteiger partial charge in [-0.2, -0.15) is 5.26 Å². The van der Waals surface area contributed by atoms with Crippen LogP contribution >= 0.6 is 11.6 Å². The van der Waals surface area contributed by atoms with E-state index in [-0.39, 0.29) is 0 Å². The van der Waals surface area contributed by atoms with Crippen LogP contribution in [0, 0.1) is 11.3 Å². The van der Waals surface area contributed by atoms with Gasteiger partial charge in [-0.3, -0.25) is 0 Å². The van der Waals surface area contributed by atoms with Gasteiger partial charge < -0.3 is 10.2 Å². The first kappa shape index (κ1) is 12.2. The van der Waals surface area contributed by atoms with E-state index in [1.54, 1.807) is 6.07 Å². The van der Waals surface area contributed by atoms with Crippen LogP contribution in [0.1, 0.15) is 18.4 Å². The third kappa shape index (κ3) is 3.12. The smallest absolute Gasteiger partial charge is 0.103 e. The first-order valence-electron chi connectivity index (χ1n) is 5.96. The highest BCUT2D eigenvalue weighted by Crippen LogP contribution is 2.23. The van der Waals surface area contributed by atoms with Crippen LogP contribution in [0.4, 0.5) is 5.69 Å². The fourth-order valence-electron chi connectivity index (χ4n) is 2.14. The topological polar surface area (TPSA) is 39.1 Å². The van der Waals surface area contributed by atoms with Gasteiger partial charge in [0.2, 0.25) is 0 Å². The minimum atomic E-state index is 0.513. The number of halogens is 1. The lowest BCUT2D eigenvalue weighted by atomic mass is 10.2. The highest BCUT2D eigenvalue weighted by Gasteiger charge is 2.11. The second kappa shape index (κ2) is 5.90. The molecular weight excluding hydrogens is 234 g/mol. The number of nitriles is 1. The lowest BCUT2D eigenvalue weighted by Crippen LogP contribution is -2.26. The van der Waals surface area contributed by atoms with Crippen molar-refractivity contribution in [3.63, 3.8) is 0 Å². The molecule has 17 heavy (non-hydrogen) atoms. The average Bonchev–Trinajstić information content (AvgIpc) is 2.82. The molecule has 1 aromatic carbocycles. The molecule has 1 aromatic rings. The zero-order valence-corrected chi connectivity index (χ0v) is 10.5. The number of rotatable bonds is 4. The maximum absolute atomic E-state index is 9.03. The van der Waals surface area contributed by atoms with Crippen LogP contribution in [0.2, 0.25) is 5.02 Å². The molecule has 1 N–H and O–H groups in total. The van der Waals surface area contributed by atoms with E-state index in [4.69, 9.17) is 16.9 Å². The quantitative estimate of drug-likeness (QED) is 0.892. The number of anilines is 1. The van der Waals surface area contributed by atoms with Crippen molar-refractivity contribution < 1.29 is 0 Å². The number of hydrogen-bond acceptors (Lipinski definition) is 3. The molecule has 2 rings (SSSR count). The van der Waals surface area contributed by atoms with E-state index in [9.17, 15) is 0 Å². The first-order valence-corrected chi connectivity index (χ1v) is 6.34. The SMILES string of the molecule is N#Cc1c(Cl)cccc1NCCN1CCCC1. The highest BCUT2D eigenvalue weighted by molar-refractivity contribution is 6.32. The summed E-state index contributed by atoms with van der Waals surface area (Å²) in [5.74, 6) is 0. The van der Waals surface area contributed by atoms with Crippen LogP contribution in [-0.4, -0.2) is 31.1 Å². The number of nitrogens with one attached hydrogen (secondary N) is 1. The van der Waals surface area contributed by atoms with Gasteiger partial charge in [-0.05, 0) is 38.1 Å². The molecule has 0 spiro atoms. The largest absolute Gasteiger partial charge is 0.383 e. The van der Waals surface area contributed by atoms with Gasteiger partial charge in [0.05, 0.1) is 16.3 Å². The van der Waals surface area contributed by atoms with E-state index in [0.29, 0.717) is 10.6 Å². The third-order valence-corrected chi connectivity index (χ3v) is 3.38. The van der Waals surface area contributed by atoms with Gasteiger partial charge in [0.15, 0.2) is 0 Å². The molecule has 0 aliphatic carbocycles. The Morgan fingerprint density at radius 3 is 2.82 bits per heavy atom. The van der Waals surface area contributed by atoms with Crippen molar-refractivity contribution in [3.8, 4) is 6.07 Å². The van der Waals surface area contributed by atoms with Gasteiger partial charge in [0, 0.05) is 13.1 Å². The van der Waals surface area contributed by atoms with Crippen LogP contribution in [0.5, 0.6) is 0 Å². The zero-order valence-electron chi connectivity index (χ0n) is 9.75. The standard InChI is InChI=1S/C13H16ClN3/c14-12-4-3-5-13(11(12)10-15)16-6-9-17-7-1-2-8-17/h3-5,16H,1-2,6-9H2. The molecule has 3 nitrogen and oxygen atoms in total. The summed E-state index contributed by atoms with van der Waals surface area (Å²) in [5, 5.41) is 12.8. The van der Waals surface area contributed by atoms with E-state index < -0.39 is 0 Å². The Kier molecular flexibility index (Phi) is 4.24. The number of benzene rings is 1. The Bertz CT molecular complexity index is 419. The summed E-state index contributed by atoms with van der Waals surface area (Å²) in [5.41, 5.74) is 1.37. The molecular formula is C13H16ClN3. The molecule has 0 amide bonds. The molecule has 1 fully saturated rings. The van der Waals surface area contributed by atoms with Crippen molar-refractivity contribution in [2.24, 2.45) is 0 Å². The summed E-state index contributed by atoms with van der Waals surface area (Å²) >= 11 is 5.96. The predicted octanol–water partition coefficient (Wildman–Crippen LogP) is 2.72. The van der Waals surface area contributed by atoms with Crippen LogP contribution in [0.3, 0.4) is 0 Å². The summed E-state index contributed by atoms with van der Waals surface area (Å²) in [6.07, 6.45) is 2.61. The lowest BCUT2D eigenvalue weighted by Gasteiger charge is -2.16. The Balaban J connectivity index is 1.90. The summed E-state index contributed by atoms with van der Waals surface area (Å²) in [4.78, 5) is 2.43. The van der Waals surface area contributed by atoms with Crippen molar-refractivity contribution in [2.75, 3.05) is 31.5 Å². The summed E-state index contributed by atoms with van der Waals surface area (Å²) in [6.45, 7) is 4.27. The van der Waals surface area contributed by atoms with Crippen molar-refractivity contribution in [1.29, 1.82) is 5.26 Å². The molecule has 0 unspecified atom stereocenters. The van der Waals surface area contributed by atoms with Gasteiger partial charge in [-0.25, -0.2) is 0 Å². The van der Waals surface area contributed by atoms with Gasteiger partial charge >= 0.3 is 0 Å². The maximum atomic E-state index is 9.03. The zero-order chi connectivity index (χ0) is 12.1. The molecule has 0 radical (unpaired) electrons. The van der Waals surface area contributed by atoms with Gasteiger partial charge in [0.1, 0.15) is 6.07 Å². The molecule has 1 aliphatic rings. The molecule has 0 aromatic heterocycles. The fourth-order valence-corrected chi connectivity index (χ4v) is 2.36. The van der Waals surface area contributed by atoms with Gasteiger partial charge in [-0.15, -0.1) is 0 Å². The summed E-state index contributed by atoms with van der Waals surface area (Å²) < 4.78 is 0. The Hall–Kier alpha value is -1.24. The molecule has 1 aliphatic heterocycles. The molecule has 0 saturated carbocycles. The van der Waals surface area contributed by atoms with E-state index >= 15 is 0 Å². The minimum absolute atomic E-state index is 0.513. The van der Waals surface area contributed by atoms with E-state index in [2.05, 4.69) is 16.3 Å². The highest BCUT2D eigenvalue weighted by atomic mass is 35.5. The number of nitrogens with zero attached hydrogens (tertiary/aromatic N) is 2. The molecule has 1 heterocycles. The van der Waals surface area contributed by atoms with Gasteiger partial charge in [-0.1, -0.05) is 17.7 Å². The molecule has 0 atom stereocenters.